The summed E-state index contributed by atoms with van der Waals surface area (Å²) in [6.07, 6.45) is 2.74. The molecule has 0 amide bonds. The Labute approximate surface area is 155 Å². The number of nitrogens with zero attached hydrogens (tertiary/aromatic N) is 2. The van der Waals surface area contributed by atoms with Crippen LogP contribution in [0.4, 0.5) is 0 Å². The van der Waals surface area contributed by atoms with Gasteiger partial charge in [0.2, 0.25) is 0 Å². The Morgan fingerprint density at radius 3 is 2.77 bits per heavy atom. The normalized spacial score (nSPS) is 14.7. The summed E-state index contributed by atoms with van der Waals surface area (Å²) in [6, 6.07) is 10.8. The molecule has 0 fully saturated rings. The fourth-order valence-electron chi connectivity index (χ4n) is 3.27. The average molecular weight is 369 g/mol. The first-order chi connectivity index (χ1) is 12.6. The van der Waals surface area contributed by atoms with Crippen molar-refractivity contribution < 1.29 is 9.47 Å². The molecule has 26 heavy (non-hydrogen) atoms. The van der Waals surface area contributed by atoms with Gasteiger partial charge in [0.05, 0.1) is 25.1 Å². The predicted molar refractivity (Wildman–Crippen MR) is 103 cm³/mol. The molecule has 3 aromatic rings. The predicted octanol–water partition coefficient (Wildman–Crippen LogP) is 4.01. The molecule has 0 aliphatic carbocycles. The standard InChI is InChI=1S/C20H17ClN2O3/c1-25-15-4-6-18(26-2)13(10-15)9-12-7-8-23-19(12)22-17-5-3-14(21)11-16(17)20(23)24/h3-6,9-11H,7-8H2,1-2H3. The van der Waals surface area contributed by atoms with E-state index in [2.05, 4.69) is 0 Å². The van der Waals surface area contributed by atoms with Gasteiger partial charge in [0.25, 0.3) is 5.56 Å². The molecule has 0 N–H and O–H groups in total. The number of aromatic nitrogens is 2. The van der Waals surface area contributed by atoms with Gasteiger partial charge in [0, 0.05) is 17.1 Å². The Balaban J connectivity index is 1.89. The summed E-state index contributed by atoms with van der Waals surface area (Å²) in [5.41, 5.74) is 2.47. The number of benzene rings is 2. The summed E-state index contributed by atoms with van der Waals surface area (Å²) in [6.45, 7) is 0.599. The lowest BCUT2D eigenvalue weighted by atomic mass is 10.1. The van der Waals surface area contributed by atoms with Crippen LogP contribution in [0.2, 0.25) is 5.02 Å². The molecule has 5 nitrogen and oxygen atoms in total. The topological polar surface area (TPSA) is 53.4 Å². The lowest BCUT2D eigenvalue weighted by Gasteiger charge is -2.09. The summed E-state index contributed by atoms with van der Waals surface area (Å²) in [4.78, 5) is 17.5. The highest BCUT2D eigenvalue weighted by atomic mass is 35.5. The lowest BCUT2D eigenvalue weighted by molar-refractivity contribution is 0.402. The molecule has 0 atom stereocenters. The summed E-state index contributed by atoms with van der Waals surface area (Å²) in [7, 11) is 3.26. The molecule has 1 aromatic heterocycles. The largest absolute Gasteiger partial charge is 0.497 e. The van der Waals surface area contributed by atoms with E-state index >= 15 is 0 Å². The molecule has 2 heterocycles. The van der Waals surface area contributed by atoms with Crippen molar-refractivity contribution in [3.63, 3.8) is 0 Å². The molecule has 4 rings (SSSR count). The number of fused-ring (bicyclic) bond motifs is 2. The van der Waals surface area contributed by atoms with Crippen molar-refractivity contribution in [1.82, 2.24) is 9.55 Å². The minimum absolute atomic E-state index is 0.0616. The zero-order valence-corrected chi connectivity index (χ0v) is 15.2. The van der Waals surface area contributed by atoms with Crippen LogP contribution < -0.4 is 15.0 Å². The van der Waals surface area contributed by atoms with Crippen molar-refractivity contribution in [2.45, 2.75) is 13.0 Å². The van der Waals surface area contributed by atoms with Crippen molar-refractivity contribution in [1.29, 1.82) is 0 Å². The molecule has 132 valence electrons. The van der Waals surface area contributed by atoms with Gasteiger partial charge in [-0.2, -0.15) is 0 Å². The highest BCUT2D eigenvalue weighted by Gasteiger charge is 2.21. The van der Waals surface area contributed by atoms with Gasteiger partial charge in [-0.05, 0) is 54.5 Å². The van der Waals surface area contributed by atoms with Gasteiger partial charge in [0.15, 0.2) is 0 Å². The highest BCUT2D eigenvalue weighted by Crippen LogP contribution is 2.32. The van der Waals surface area contributed by atoms with Gasteiger partial charge < -0.3 is 9.47 Å². The van der Waals surface area contributed by atoms with E-state index in [1.807, 2.05) is 24.3 Å². The van der Waals surface area contributed by atoms with E-state index in [-0.39, 0.29) is 5.56 Å². The molecule has 0 saturated carbocycles. The second kappa shape index (κ2) is 6.50. The van der Waals surface area contributed by atoms with E-state index in [1.54, 1.807) is 37.0 Å². The van der Waals surface area contributed by atoms with Crippen LogP contribution in [0.5, 0.6) is 11.5 Å². The second-order valence-electron chi connectivity index (χ2n) is 6.08. The van der Waals surface area contributed by atoms with Crippen LogP contribution in [0.15, 0.2) is 41.2 Å². The number of allylic oxidation sites excluding steroid dienone is 1. The zero-order chi connectivity index (χ0) is 18.3. The molecular weight excluding hydrogens is 352 g/mol. The van der Waals surface area contributed by atoms with Gasteiger partial charge in [-0.25, -0.2) is 4.98 Å². The van der Waals surface area contributed by atoms with Gasteiger partial charge in [0.1, 0.15) is 17.3 Å². The molecular formula is C20H17ClN2O3. The minimum atomic E-state index is -0.0616. The van der Waals surface area contributed by atoms with Gasteiger partial charge >= 0.3 is 0 Å². The molecule has 1 aliphatic rings. The van der Waals surface area contributed by atoms with E-state index in [0.717, 1.165) is 29.1 Å². The van der Waals surface area contributed by atoms with Crippen molar-refractivity contribution >= 4 is 34.2 Å². The Bertz CT molecular complexity index is 1100. The second-order valence-corrected chi connectivity index (χ2v) is 6.52. The maximum Gasteiger partial charge on any atom is 0.261 e. The van der Waals surface area contributed by atoms with E-state index in [0.29, 0.717) is 28.3 Å². The van der Waals surface area contributed by atoms with Crippen LogP contribution in [-0.2, 0) is 6.54 Å². The van der Waals surface area contributed by atoms with Gasteiger partial charge in [-0.15, -0.1) is 0 Å². The molecule has 2 aromatic carbocycles. The van der Waals surface area contributed by atoms with Crippen LogP contribution in [0.3, 0.4) is 0 Å². The maximum absolute atomic E-state index is 12.8. The molecule has 0 spiro atoms. The molecule has 0 saturated heterocycles. The molecule has 6 heteroatoms. The fraction of sp³-hybridized carbons (Fsp3) is 0.200. The summed E-state index contributed by atoms with van der Waals surface area (Å²) >= 11 is 6.03. The van der Waals surface area contributed by atoms with Crippen LogP contribution in [-0.4, -0.2) is 23.8 Å². The van der Waals surface area contributed by atoms with E-state index in [9.17, 15) is 4.79 Å². The molecule has 0 bridgehead atoms. The number of ether oxygens (including phenoxy) is 2. The quantitative estimate of drug-likeness (QED) is 0.701. The lowest BCUT2D eigenvalue weighted by Crippen LogP contribution is -2.20. The first-order valence-corrected chi connectivity index (χ1v) is 8.61. The van der Waals surface area contributed by atoms with Crippen LogP contribution in [0, 0.1) is 0 Å². The Kier molecular flexibility index (Phi) is 4.17. The molecule has 1 aliphatic heterocycles. The monoisotopic (exact) mass is 368 g/mol. The van der Waals surface area contributed by atoms with E-state index in [1.165, 1.54) is 0 Å². The third-order valence-electron chi connectivity index (χ3n) is 4.57. The van der Waals surface area contributed by atoms with E-state index in [4.69, 9.17) is 26.1 Å². The Morgan fingerprint density at radius 1 is 1.15 bits per heavy atom. The van der Waals surface area contributed by atoms with Crippen LogP contribution in [0.1, 0.15) is 17.8 Å². The minimum Gasteiger partial charge on any atom is -0.497 e. The highest BCUT2D eigenvalue weighted by molar-refractivity contribution is 6.31. The average Bonchev–Trinajstić information content (AvgIpc) is 3.05. The SMILES string of the molecule is COc1ccc(OC)c(C=C2CCn3c2nc2ccc(Cl)cc2c3=O)c1. The molecule has 0 radical (unpaired) electrons. The number of hydrogen-bond donors (Lipinski definition) is 0. The van der Waals surface area contributed by atoms with Gasteiger partial charge in [-0.1, -0.05) is 11.6 Å². The van der Waals surface area contributed by atoms with Crippen molar-refractivity contribution in [3.8, 4) is 11.5 Å². The Hall–Kier alpha value is -2.79. The zero-order valence-electron chi connectivity index (χ0n) is 14.5. The number of rotatable bonds is 3. The van der Waals surface area contributed by atoms with Crippen molar-refractivity contribution in [2.24, 2.45) is 0 Å². The smallest absolute Gasteiger partial charge is 0.261 e. The van der Waals surface area contributed by atoms with Crippen molar-refractivity contribution in [3.05, 3.63) is 63.2 Å². The van der Waals surface area contributed by atoms with Crippen LogP contribution >= 0.6 is 11.6 Å². The fourth-order valence-corrected chi connectivity index (χ4v) is 3.44. The summed E-state index contributed by atoms with van der Waals surface area (Å²) < 4.78 is 12.5. The maximum atomic E-state index is 12.8. The van der Waals surface area contributed by atoms with E-state index < -0.39 is 0 Å². The third-order valence-corrected chi connectivity index (χ3v) is 4.81. The van der Waals surface area contributed by atoms with Crippen LogP contribution in [0.25, 0.3) is 22.6 Å². The summed E-state index contributed by atoms with van der Waals surface area (Å²) in [5.74, 6) is 2.18. The Morgan fingerprint density at radius 2 is 2.00 bits per heavy atom. The number of methoxy groups -OCH3 is 2. The van der Waals surface area contributed by atoms with Crippen molar-refractivity contribution in [2.75, 3.05) is 14.2 Å². The number of halogens is 1. The van der Waals surface area contributed by atoms with Gasteiger partial charge in [-0.3, -0.25) is 9.36 Å². The number of hydrogen-bond acceptors (Lipinski definition) is 4. The first-order valence-electron chi connectivity index (χ1n) is 8.24. The summed E-state index contributed by atoms with van der Waals surface area (Å²) in [5, 5.41) is 1.08. The first kappa shape index (κ1) is 16.7. The third kappa shape index (κ3) is 2.74. The molecule has 0 unspecified atom stereocenters.